The highest BCUT2D eigenvalue weighted by Gasteiger charge is 2.32. The SMILES string of the molecule is CC(C(=O)N(C)C1CCCCCCC1)C1CNC1. The molecule has 1 N–H and O–H groups in total. The lowest BCUT2D eigenvalue weighted by molar-refractivity contribution is -0.138. The average Bonchev–Trinajstić information content (AvgIpc) is 2.24. The van der Waals surface area contributed by atoms with E-state index in [1.54, 1.807) is 0 Å². The number of carbonyl (C=O) groups excluding carboxylic acids is 1. The Morgan fingerprint density at radius 2 is 1.67 bits per heavy atom. The van der Waals surface area contributed by atoms with Gasteiger partial charge in [-0.25, -0.2) is 0 Å². The lowest BCUT2D eigenvalue weighted by atomic mass is 9.87. The molecule has 2 aliphatic rings. The molecule has 0 bridgehead atoms. The van der Waals surface area contributed by atoms with Crippen LogP contribution in [0.25, 0.3) is 0 Å². The fourth-order valence-electron chi connectivity index (χ4n) is 3.19. The van der Waals surface area contributed by atoms with E-state index >= 15 is 0 Å². The summed E-state index contributed by atoms with van der Waals surface area (Å²) in [5.41, 5.74) is 0. The van der Waals surface area contributed by atoms with Crippen molar-refractivity contribution in [3.63, 3.8) is 0 Å². The monoisotopic (exact) mass is 252 g/mol. The van der Waals surface area contributed by atoms with Gasteiger partial charge >= 0.3 is 0 Å². The third kappa shape index (κ3) is 3.25. The molecule has 104 valence electrons. The van der Waals surface area contributed by atoms with Gasteiger partial charge in [0.15, 0.2) is 0 Å². The molecule has 0 spiro atoms. The van der Waals surface area contributed by atoms with Crippen LogP contribution in [-0.2, 0) is 4.79 Å². The molecule has 18 heavy (non-hydrogen) atoms. The van der Waals surface area contributed by atoms with Crippen molar-refractivity contribution in [1.29, 1.82) is 0 Å². The van der Waals surface area contributed by atoms with Crippen molar-refractivity contribution in [2.45, 2.75) is 57.9 Å². The second-order valence-corrected chi connectivity index (χ2v) is 6.16. The number of amides is 1. The van der Waals surface area contributed by atoms with Crippen molar-refractivity contribution in [2.75, 3.05) is 20.1 Å². The first-order valence-electron chi connectivity index (χ1n) is 7.67. The second-order valence-electron chi connectivity index (χ2n) is 6.16. The number of nitrogens with one attached hydrogen (secondary N) is 1. The van der Waals surface area contributed by atoms with Crippen LogP contribution in [0.3, 0.4) is 0 Å². The summed E-state index contributed by atoms with van der Waals surface area (Å²) in [6.45, 7) is 4.14. The van der Waals surface area contributed by atoms with Crippen molar-refractivity contribution in [2.24, 2.45) is 11.8 Å². The summed E-state index contributed by atoms with van der Waals surface area (Å²) in [5, 5.41) is 3.26. The maximum Gasteiger partial charge on any atom is 0.225 e. The van der Waals surface area contributed by atoms with E-state index in [4.69, 9.17) is 0 Å². The Morgan fingerprint density at radius 3 is 2.17 bits per heavy atom. The molecule has 0 aromatic heterocycles. The largest absolute Gasteiger partial charge is 0.343 e. The molecule has 1 aliphatic heterocycles. The Bertz CT molecular complexity index is 268. The third-order valence-corrected chi connectivity index (χ3v) is 4.88. The van der Waals surface area contributed by atoms with Gasteiger partial charge in [0.1, 0.15) is 0 Å². The summed E-state index contributed by atoms with van der Waals surface area (Å²) in [4.78, 5) is 14.5. The lowest BCUT2D eigenvalue weighted by Gasteiger charge is -2.37. The van der Waals surface area contributed by atoms with E-state index in [1.165, 1.54) is 44.9 Å². The first-order chi connectivity index (χ1) is 8.70. The molecule has 1 heterocycles. The molecule has 1 atom stereocenters. The van der Waals surface area contributed by atoms with Gasteiger partial charge in [0.2, 0.25) is 5.91 Å². The van der Waals surface area contributed by atoms with E-state index in [-0.39, 0.29) is 5.92 Å². The molecule has 1 saturated heterocycles. The number of carbonyl (C=O) groups is 1. The van der Waals surface area contributed by atoms with E-state index in [0.29, 0.717) is 17.9 Å². The minimum Gasteiger partial charge on any atom is -0.343 e. The van der Waals surface area contributed by atoms with E-state index in [9.17, 15) is 4.79 Å². The molecule has 0 aromatic carbocycles. The van der Waals surface area contributed by atoms with Crippen LogP contribution in [0, 0.1) is 11.8 Å². The van der Waals surface area contributed by atoms with Crippen LogP contribution in [0.15, 0.2) is 0 Å². The van der Waals surface area contributed by atoms with Crippen LogP contribution < -0.4 is 5.32 Å². The lowest BCUT2D eigenvalue weighted by Crippen LogP contribution is -2.51. The van der Waals surface area contributed by atoms with Gasteiger partial charge in [-0.1, -0.05) is 39.0 Å². The summed E-state index contributed by atoms with van der Waals surface area (Å²) in [7, 11) is 2.02. The van der Waals surface area contributed by atoms with Crippen molar-refractivity contribution in [3.05, 3.63) is 0 Å². The molecule has 3 heteroatoms. The topological polar surface area (TPSA) is 32.3 Å². The highest BCUT2D eigenvalue weighted by molar-refractivity contribution is 5.79. The van der Waals surface area contributed by atoms with Crippen LogP contribution in [0.2, 0.25) is 0 Å². The highest BCUT2D eigenvalue weighted by atomic mass is 16.2. The Kier molecular flexibility index (Phi) is 5.04. The molecule has 1 unspecified atom stereocenters. The summed E-state index contributed by atoms with van der Waals surface area (Å²) >= 11 is 0. The molecule has 0 radical (unpaired) electrons. The maximum absolute atomic E-state index is 12.5. The van der Waals surface area contributed by atoms with E-state index < -0.39 is 0 Å². The first-order valence-corrected chi connectivity index (χ1v) is 7.67. The van der Waals surface area contributed by atoms with Crippen LogP contribution in [0.1, 0.15) is 51.9 Å². The van der Waals surface area contributed by atoms with Gasteiger partial charge < -0.3 is 10.2 Å². The quantitative estimate of drug-likeness (QED) is 0.836. The predicted octanol–water partition coefficient (Wildman–Crippen LogP) is 2.41. The predicted molar refractivity (Wildman–Crippen MR) is 74.4 cm³/mol. The maximum atomic E-state index is 12.5. The normalized spacial score (nSPS) is 24.8. The van der Waals surface area contributed by atoms with Gasteiger partial charge in [-0.05, 0) is 31.8 Å². The Hall–Kier alpha value is -0.570. The van der Waals surface area contributed by atoms with E-state index in [1.807, 2.05) is 7.05 Å². The summed E-state index contributed by atoms with van der Waals surface area (Å²) < 4.78 is 0. The molecule has 2 rings (SSSR count). The van der Waals surface area contributed by atoms with Crippen molar-refractivity contribution in [3.8, 4) is 0 Å². The van der Waals surface area contributed by atoms with Crippen LogP contribution in [-0.4, -0.2) is 37.0 Å². The second kappa shape index (κ2) is 6.55. The summed E-state index contributed by atoms with van der Waals surface area (Å²) in [6.07, 6.45) is 9.08. The molecule has 1 saturated carbocycles. The van der Waals surface area contributed by atoms with Crippen molar-refractivity contribution in [1.82, 2.24) is 10.2 Å². The number of rotatable bonds is 3. The molecule has 1 amide bonds. The molecule has 0 aromatic rings. The fraction of sp³-hybridized carbons (Fsp3) is 0.933. The third-order valence-electron chi connectivity index (χ3n) is 4.88. The average molecular weight is 252 g/mol. The molecular weight excluding hydrogens is 224 g/mol. The van der Waals surface area contributed by atoms with Gasteiger partial charge in [0.25, 0.3) is 0 Å². The number of hydrogen-bond donors (Lipinski definition) is 1. The van der Waals surface area contributed by atoms with Crippen molar-refractivity contribution >= 4 is 5.91 Å². The van der Waals surface area contributed by atoms with Gasteiger partial charge in [-0.15, -0.1) is 0 Å². The van der Waals surface area contributed by atoms with Gasteiger partial charge in [0.05, 0.1) is 0 Å². The molecular formula is C15H28N2O. The van der Waals surface area contributed by atoms with Gasteiger partial charge in [0, 0.05) is 19.0 Å². The van der Waals surface area contributed by atoms with Crippen molar-refractivity contribution < 1.29 is 4.79 Å². The Balaban J connectivity index is 1.86. The number of nitrogens with zero attached hydrogens (tertiary/aromatic N) is 1. The molecule has 1 aliphatic carbocycles. The smallest absolute Gasteiger partial charge is 0.225 e. The molecule has 3 nitrogen and oxygen atoms in total. The van der Waals surface area contributed by atoms with Crippen LogP contribution >= 0.6 is 0 Å². The van der Waals surface area contributed by atoms with Gasteiger partial charge in [-0.2, -0.15) is 0 Å². The van der Waals surface area contributed by atoms with E-state index in [2.05, 4.69) is 17.1 Å². The minimum atomic E-state index is 0.196. The minimum absolute atomic E-state index is 0.196. The zero-order valence-corrected chi connectivity index (χ0v) is 12.0. The Labute approximate surface area is 111 Å². The van der Waals surface area contributed by atoms with Crippen LogP contribution in [0.5, 0.6) is 0 Å². The summed E-state index contributed by atoms with van der Waals surface area (Å²) in [6, 6.07) is 0.494. The zero-order chi connectivity index (χ0) is 13.0. The molecule has 2 fully saturated rings. The van der Waals surface area contributed by atoms with Crippen LogP contribution in [0.4, 0.5) is 0 Å². The Morgan fingerprint density at radius 1 is 1.11 bits per heavy atom. The van der Waals surface area contributed by atoms with E-state index in [0.717, 1.165) is 13.1 Å². The summed E-state index contributed by atoms with van der Waals surface area (Å²) in [5.74, 6) is 1.13. The number of hydrogen-bond acceptors (Lipinski definition) is 2. The first kappa shape index (κ1) is 13.9. The fourth-order valence-corrected chi connectivity index (χ4v) is 3.19. The highest BCUT2D eigenvalue weighted by Crippen LogP contribution is 2.24. The standard InChI is InChI=1S/C15H28N2O/c1-12(13-10-16-11-13)15(18)17(2)14-8-6-4-3-5-7-9-14/h12-14,16H,3-11H2,1-2H3. The zero-order valence-electron chi connectivity index (χ0n) is 12.0. The van der Waals surface area contributed by atoms with Gasteiger partial charge in [-0.3, -0.25) is 4.79 Å².